The van der Waals surface area contributed by atoms with E-state index in [4.69, 9.17) is 5.11 Å². The zero-order valence-corrected chi connectivity index (χ0v) is 12.1. The van der Waals surface area contributed by atoms with E-state index in [1.807, 2.05) is 0 Å². The molecule has 2 N–H and O–H groups in total. The Kier molecular flexibility index (Phi) is 12.9. The normalized spacial score (nSPS) is 14.4. The SMILES string of the molecule is C=CC[C@@H](CO)[C@H](O)CCCCCCCCCC. The van der Waals surface area contributed by atoms with Gasteiger partial charge in [0.15, 0.2) is 0 Å². The van der Waals surface area contributed by atoms with Gasteiger partial charge in [0, 0.05) is 12.5 Å². The van der Waals surface area contributed by atoms with Crippen LogP contribution in [0.25, 0.3) is 0 Å². The summed E-state index contributed by atoms with van der Waals surface area (Å²) in [7, 11) is 0. The van der Waals surface area contributed by atoms with Crippen LogP contribution in [0.4, 0.5) is 0 Å². The summed E-state index contributed by atoms with van der Waals surface area (Å²) in [5.74, 6) is -0.0212. The van der Waals surface area contributed by atoms with Gasteiger partial charge in [-0.05, 0) is 12.8 Å². The second kappa shape index (κ2) is 13.1. The number of aliphatic hydroxyl groups is 2. The number of rotatable bonds is 13. The molecule has 0 aromatic rings. The molecule has 0 aliphatic carbocycles. The molecule has 2 heteroatoms. The molecule has 0 unspecified atom stereocenters. The summed E-state index contributed by atoms with van der Waals surface area (Å²) in [6.45, 7) is 5.95. The van der Waals surface area contributed by atoms with Crippen molar-refractivity contribution in [2.24, 2.45) is 5.92 Å². The molecule has 108 valence electrons. The van der Waals surface area contributed by atoms with Crippen molar-refractivity contribution >= 4 is 0 Å². The largest absolute Gasteiger partial charge is 0.396 e. The highest BCUT2D eigenvalue weighted by atomic mass is 16.3. The van der Waals surface area contributed by atoms with E-state index in [2.05, 4.69) is 13.5 Å². The van der Waals surface area contributed by atoms with E-state index in [1.54, 1.807) is 6.08 Å². The fraction of sp³-hybridized carbons (Fsp3) is 0.875. The summed E-state index contributed by atoms with van der Waals surface area (Å²) in [4.78, 5) is 0. The molecule has 0 spiro atoms. The fourth-order valence-corrected chi connectivity index (χ4v) is 2.29. The lowest BCUT2D eigenvalue weighted by Gasteiger charge is -2.19. The maximum atomic E-state index is 9.90. The molecular weight excluding hydrogens is 224 g/mol. The van der Waals surface area contributed by atoms with Gasteiger partial charge < -0.3 is 10.2 Å². The van der Waals surface area contributed by atoms with Crippen LogP contribution in [0, 0.1) is 5.92 Å². The van der Waals surface area contributed by atoms with Crippen molar-refractivity contribution < 1.29 is 10.2 Å². The molecule has 2 atom stereocenters. The predicted octanol–water partition coefficient (Wildman–Crippen LogP) is 4.06. The second-order valence-electron chi connectivity index (χ2n) is 5.30. The molecule has 0 aliphatic heterocycles. The van der Waals surface area contributed by atoms with Gasteiger partial charge in [-0.3, -0.25) is 0 Å². The second-order valence-corrected chi connectivity index (χ2v) is 5.30. The third-order valence-corrected chi connectivity index (χ3v) is 3.60. The molecule has 0 rings (SSSR count). The Morgan fingerprint density at radius 1 is 1.00 bits per heavy atom. The first-order chi connectivity index (χ1) is 8.76. The van der Waals surface area contributed by atoms with Gasteiger partial charge in [0.05, 0.1) is 6.10 Å². The minimum atomic E-state index is -0.368. The first-order valence-corrected chi connectivity index (χ1v) is 7.66. The maximum Gasteiger partial charge on any atom is 0.0593 e. The van der Waals surface area contributed by atoms with Crippen LogP contribution in [-0.2, 0) is 0 Å². The highest BCUT2D eigenvalue weighted by molar-refractivity contribution is 4.77. The van der Waals surface area contributed by atoms with Gasteiger partial charge in [0.25, 0.3) is 0 Å². The quantitative estimate of drug-likeness (QED) is 0.385. The van der Waals surface area contributed by atoms with Crippen molar-refractivity contribution in [3.8, 4) is 0 Å². The summed E-state index contributed by atoms with van der Waals surface area (Å²) < 4.78 is 0. The Morgan fingerprint density at radius 3 is 2.06 bits per heavy atom. The van der Waals surface area contributed by atoms with Crippen molar-refractivity contribution in [3.05, 3.63) is 12.7 Å². The molecule has 0 bridgehead atoms. The first-order valence-electron chi connectivity index (χ1n) is 7.66. The number of allylic oxidation sites excluding steroid dienone is 1. The molecule has 0 saturated carbocycles. The van der Waals surface area contributed by atoms with Gasteiger partial charge in [-0.15, -0.1) is 6.58 Å². The highest BCUT2D eigenvalue weighted by Gasteiger charge is 2.16. The van der Waals surface area contributed by atoms with E-state index in [0.29, 0.717) is 6.42 Å². The molecule has 0 aromatic carbocycles. The lowest BCUT2D eigenvalue weighted by Crippen LogP contribution is -2.23. The van der Waals surface area contributed by atoms with E-state index >= 15 is 0 Å². The van der Waals surface area contributed by atoms with E-state index in [-0.39, 0.29) is 18.6 Å². The standard InChI is InChI=1S/C16H32O2/c1-3-5-6-7-8-9-10-11-13-16(18)15(14-17)12-4-2/h4,15-18H,2-3,5-14H2,1H3/t15-,16+/m0/s1. The minimum absolute atomic E-state index is 0.0212. The van der Waals surface area contributed by atoms with Gasteiger partial charge >= 0.3 is 0 Å². The first kappa shape index (κ1) is 17.7. The van der Waals surface area contributed by atoms with Crippen molar-refractivity contribution in [1.29, 1.82) is 0 Å². The molecule has 0 aliphatic rings. The van der Waals surface area contributed by atoms with E-state index in [0.717, 1.165) is 12.8 Å². The minimum Gasteiger partial charge on any atom is -0.396 e. The van der Waals surface area contributed by atoms with Crippen LogP contribution in [0.2, 0.25) is 0 Å². The summed E-state index contributed by atoms with van der Waals surface area (Å²) in [5.41, 5.74) is 0. The molecule has 0 aromatic heterocycles. The van der Waals surface area contributed by atoms with Crippen LogP contribution >= 0.6 is 0 Å². The van der Waals surface area contributed by atoms with Crippen molar-refractivity contribution in [2.45, 2.75) is 77.2 Å². The Bertz CT molecular complexity index is 180. The molecular formula is C16H32O2. The smallest absolute Gasteiger partial charge is 0.0593 e. The van der Waals surface area contributed by atoms with Crippen molar-refractivity contribution in [2.75, 3.05) is 6.61 Å². The molecule has 18 heavy (non-hydrogen) atoms. The number of hydrogen-bond donors (Lipinski definition) is 2. The number of hydrogen-bond acceptors (Lipinski definition) is 2. The topological polar surface area (TPSA) is 40.5 Å². The summed E-state index contributed by atoms with van der Waals surface area (Å²) in [5, 5.41) is 19.0. The van der Waals surface area contributed by atoms with Crippen LogP contribution in [0.1, 0.15) is 71.1 Å². The maximum absolute atomic E-state index is 9.90. The van der Waals surface area contributed by atoms with Crippen LogP contribution in [0.5, 0.6) is 0 Å². The van der Waals surface area contributed by atoms with Crippen LogP contribution < -0.4 is 0 Å². The van der Waals surface area contributed by atoms with Crippen molar-refractivity contribution in [3.63, 3.8) is 0 Å². The van der Waals surface area contributed by atoms with Gasteiger partial charge in [-0.1, -0.05) is 64.4 Å². The van der Waals surface area contributed by atoms with E-state index in [1.165, 1.54) is 44.9 Å². The fourth-order valence-electron chi connectivity index (χ4n) is 2.29. The lowest BCUT2D eigenvalue weighted by molar-refractivity contribution is 0.0604. The highest BCUT2D eigenvalue weighted by Crippen LogP contribution is 2.16. The van der Waals surface area contributed by atoms with Gasteiger partial charge in [-0.25, -0.2) is 0 Å². The van der Waals surface area contributed by atoms with Crippen molar-refractivity contribution in [1.82, 2.24) is 0 Å². The summed E-state index contributed by atoms with van der Waals surface area (Å²) in [6.07, 6.45) is 13.2. The van der Waals surface area contributed by atoms with Crippen LogP contribution in [0.3, 0.4) is 0 Å². The van der Waals surface area contributed by atoms with Gasteiger partial charge in [0.1, 0.15) is 0 Å². The van der Waals surface area contributed by atoms with E-state index < -0.39 is 0 Å². The average molecular weight is 256 g/mol. The molecule has 0 amide bonds. The molecule has 0 heterocycles. The van der Waals surface area contributed by atoms with Crippen LogP contribution in [0.15, 0.2) is 12.7 Å². The monoisotopic (exact) mass is 256 g/mol. The summed E-state index contributed by atoms with van der Waals surface area (Å²) in [6, 6.07) is 0. The molecule has 0 fully saturated rings. The molecule has 2 nitrogen and oxygen atoms in total. The lowest BCUT2D eigenvalue weighted by atomic mass is 9.94. The number of unbranched alkanes of at least 4 members (excludes halogenated alkanes) is 7. The number of aliphatic hydroxyl groups excluding tert-OH is 2. The predicted molar refractivity (Wildman–Crippen MR) is 78.6 cm³/mol. The van der Waals surface area contributed by atoms with Crippen LogP contribution in [-0.4, -0.2) is 22.9 Å². The Hall–Kier alpha value is -0.340. The zero-order chi connectivity index (χ0) is 13.6. The van der Waals surface area contributed by atoms with E-state index in [9.17, 15) is 5.11 Å². The third kappa shape index (κ3) is 9.67. The third-order valence-electron chi connectivity index (χ3n) is 3.60. The van der Waals surface area contributed by atoms with Gasteiger partial charge in [-0.2, -0.15) is 0 Å². The summed E-state index contributed by atoms with van der Waals surface area (Å²) >= 11 is 0. The molecule has 0 saturated heterocycles. The Labute approximate surface area is 113 Å². The van der Waals surface area contributed by atoms with Gasteiger partial charge in [0.2, 0.25) is 0 Å². The Morgan fingerprint density at radius 2 is 1.56 bits per heavy atom. The average Bonchev–Trinajstić information content (AvgIpc) is 2.38. The molecule has 0 radical (unpaired) electrons. The zero-order valence-electron chi connectivity index (χ0n) is 12.1. The Balaban J connectivity index is 3.38.